The smallest absolute Gasteiger partial charge is 0.254 e. The summed E-state index contributed by atoms with van der Waals surface area (Å²) >= 11 is 0. The molecule has 5 nitrogen and oxygen atoms in total. The SMILES string of the molecule is CCOc1ccc(C(=O)N2CCN(C(=O)c3cccc(C)c3)CC2)cc1F. The summed E-state index contributed by atoms with van der Waals surface area (Å²) in [6, 6.07) is 11.7. The molecular weight excluding hydrogens is 347 g/mol. The summed E-state index contributed by atoms with van der Waals surface area (Å²) in [5.41, 5.74) is 1.98. The first-order valence-electron chi connectivity index (χ1n) is 9.07. The Labute approximate surface area is 158 Å². The van der Waals surface area contributed by atoms with Gasteiger partial charge in [-0.1, -0.05) is 17.7 Å². The van der Waals surface area contributed by atoms with Crippen molar-refractivity contribution in [3.8, 4) is 5.75 Å². The van der Waals surface area contributed by atoms with Crippen molar-refractivity contribution in [1.29, 1.82) is 0 Å². The van der Waals surface area contributed by atoms with Gasteiger partial charge in [-0.3, -0.25) is 9.59 Å². The molecule has 142 valence electrons. The van der Waals surface area contributed by atoms with Gasteiger partial charge in [0.05, 0.1) is 6.61 Å². The number of aryl methyl sites for hydroxylation is 1. The van der Waals surface area contributed by atoms with E-state index in [2.05, 4.69) is 0 Å². The van der Waals surface area contributed by atoms with E-state index in [9.17, 15) is 14.0 Å². The molecule has 3 rings (SSSR count). The predicted octanol–water partition coefficient (Wildman–Crippen LogP) is 3.13. The van der Waals surface area contributed by atoms with E-state index >= 15 is 0 Å². The number of amides is 2. The third kappa shape index (κ3) is 4.27. The lowest BCUT2D eigenvalue weighted by atomic mass is 10.1. The zero-order valence-corrected chi connectivity index (χ0v) is 15.6. The van der Waals surface area contributed by atoms with Crippen LogP contribution in [0.5, 0.6) is 5.75 Å². The number of benzene rings is 2. The minimum absolute atomic E-state index is 0.0297. The van der Waals surface area contributed by atoms with Gasteiger partial charge in [0.2, 0.25) is 0 Å². The summed E-state index contributed by atoms with van der Waals surface area (Å²) in [6.07, 6.45) is 0. The van der Waals surface area contributed by atoms with E-state index in [-0.39, 0.29) is 23.1 Å². The van der Waals surface area contributed by atoms with Gasteiger partial charge in [-0.2, -0.15) is 0 Å². The fourth-order valence-corrected chi connectivity index (χ4v) is 3.16. The Morgan fingerprint density at radius 3 is 2.07 bits per heavy atom. The molecule has 27 heavy (non-hydrogen) atoms. The molecule has 0 spiro atoms. The molecule has 1 fully saturated rings. The Morgan fingerprint density at radius 1 is 0.963 bits per heavy atom. The fraction of sp³-hybridized carbons (Fsp3) is 0.333. The lowest BCUT2D eigenvalue weighted by molar-refractivity contribution is 0.0535. The Hall–Kier alpha value is -2.89. The van der Waals surface area contributed by atoms with Crippen molar-refractivity contribution in [3.05, 3.63) is 65.0 Å². The van der Waals surface area contributed by atoms with E-state index in [1.165, 1.54) is 12.1 Å². The van der Waals surface area contributed by atoms with Crippen molar-refractivity contribution < 1.29 is 18.7 Å². The molecule has 1 saturated heterocycles. The van der Waals surface area contributed by atoms with E-state index < -0.39 is 5.82 Å². The lowest BCUT2D eigenvalue weighted by Gasteiger charge is -2.35. The maximum absolute atomic E-state index is 14.0. The normalized spacial score (nSPS) is 14.2. The van der Waals surface area contributed by atoms with Crippen LogP contribution in [-0.2, 0) is 0 Å². The Bertz CT molecular complexity index is 845. The van der Waals surface area contributed by atoms with Crippen molar-refractivity contribution >= 4 is 11.8 Å². The van der Waals surface area contributed by atoms with Gasteiger partial charge < -0.3 is 14.5 Å². The quantitative estimate of drug-likeness (QED) is 0.831. The van der Waals surface area contributed by atoms with Gasteiger partial charge >= 0.3 is 0 Å². The van der Waals surface area contributed by atoms with Gasteiger partial charge in [0.1, 0.15) is 0 Å². The van der Waals surface area contributed by atoms with Crippen LogP contribution in [-0.4, -0.2) is 54.4 Å². The highest BCUT2D eigenvalue weighted by atomic mass is 19.1. The first kappa shape index (κ1) is 18.9. The highest BCUT2D eigenvalue weighted by Crippen LogP contribution is 2.20. The Balaban J connectivity index is 1.62. The molecule has 0 radical (unpaired) electrons. The van der Waals surface area contributed by atoms with Gasteiger partial charge in [-0.05, 0) is 44.2 Å². The maximum Gasteiger partial charge on any atom is 0.254 e. The Kier molecular flexibility index (Phi) is 5.74. The van der Waals surface area contributed by atoms with Gasteiger partial charge in [0.25, 0.3) is 11.8 Å². The first-order valence-corrected chi connectivity index (χ1v) is 9.07. The molecular formula is C21H23FN2O3. The summed E-state index contributed by atoms with van der Waals surface area (Å²) in [6.45, 7) is 5.84. The minimum atomic E-state index is -0.545. The number of halogens is 1. The Morgan fingerprint density at radius 2 is 1.56 bits per heavy atom. The van der Waals surface area contributed by atoms with Crippen LogP contribution in [0.4, 0.5) is 4.39 Å². The molecule has 1 aliphatic rings. The van der Waals surface area contributed by atoms with E-state index in [0.29, 0.717) is 38.3 Å². The third-order valence-electron chi connectivity index (χ3n) is 4.60. The second kappa shape index (κ2) is 8.20. The number of piperazine rings is 1. The van der Waals surface area contributed by atoms with Crippen molar-refractivity contribution in [3.63, 3.8) is 0 Å². The first-order chi connectivity index (χ1) is 13.0. The number of nitrogens with zero attached hydrogens (tertiary/aromatic N) is 2. The van der Waals surface area contributed by atoms with Crippen molar-refractivity contribution in [1.82, 2.24) is 9.80 Å². The molecule has 2 amide bonds. The number of ether oxygens (including phenoxy) is 1. The van der Waals surface area contributed by atoms with E-state index in [0.717, 1.165) is 5.56 Å². The minimum Gasteiger partial charge on any atom is -0.491 e. The summed E-state index contributed by atoms with van der Waals surface area (Å²) in [5, 5.41) is 0. The maximum atomic E-state index is 14.0. The topological polar surface area (TPSA) is 49.9 Å². The van der Waals surface area contributed by atoms with E-state index in [1.807, 2.05) is 25.1 Å². The average Bonchev–Trinajstić information content (AvgIpc) is 2.68. The zero-order valence-electron chi connectivity index (χ0n) is 15.6. The standard InChI is InChI=1S/C21H23FN2O3/c1-3-27-19-8-7-17(14-18(19)22)21(26)24-11-9-23(10-12-24)20(25)16-6-4-5-15(2)13-16/h4-8,13-14H,3,9-12H2,1-2H3. The van der Waals surface area contributed by atoms with Gasteiger partial charge in [-0.25, -0.2) is 4.39 Å². The molecule has 0 aliphatic carbocycles. The predicted molar refractivity (Wildman–Crippen MR) is 101 cm³/mol. The van der Waals surface area contributed by atoms with Crippen LogP contribution < -0.4 is 4.74 Å². The molecule has 0 saturated carbocycles. The third-order valence-corrected chi connectivity index (χ3v) is 4.60. The number of rotatable bonds is 4. The fourth-order valence-electron chi connectivity index (χ4n) is 3.16. The number of hydrogen-bond acceptors (Lipinski definition) is 3. The summed E-state index contributed by atoms with van der Waals surface area (Å²) in [4.78, 5) is 28.6. The molecule has 2 aromatic rings. The second-order valence-corrected chi connectivity index (χ2v) is 6.53. The molecule has 0 aromatic heterocycles. The van der Waals surface area contributed by atoms with E-state index in [4.69, 9.17) is 4.74 Å². The van der Waals surface area contributed by atoms with Crippen LogP contribution in [0.3, 0.4) is 0 Å². The largest absolute Gasteiger partial charge is 0.491 e. The van der Waals surface area contributed by atoms with Crippen molar-refractivity contribution in [2.45, 2.75) is 13.8 Å². The van der Waals surface area contributed by atoms with Crippen LogP contribution in [0.2, 0.25) is 0 Å². The van der Waals surface area contributed by atoms with Crippen molar-refractivity contribution in [2.75, 3.05) is 32.8 Å². The molecule has 1 aliphatic heterocycles. The number of hydrogen-bond donors (Lipinski definition) is 0. The van der Waals surface area contributed by atoms with Crippen LogP contribution >= 0.6 is 0 Å². The average molecular weight is 370 g/mol. The van der Waals surface area contributed by atoms with Crippen LogP contribution in [0, 0.1) is 12.7 Å². The summed E-state index contributed by atoms with van der Waals surface area (Å²) < 4.78 is 19.2. The molecule has 2 aromatic carbocycles. The van der Waals surface area contributed by atoms with Crippen LogP contribution in [0.25, 0.3) is 0 Å². The molecule has 0 unspecified atom stereocenters. The zero-order chi connectivity index (χ0) is 19.4. The van der Waals surface area contributed by atoms with Gasteiger partial charge in [0.15, 0.2) is 11.6 Å². The summed E-state index contributed by atoms with van der Waals surface area (Å²) in [5.74, 6) is -0.670. The highest BCUT2D eigenvalue weighted by Gasteiger charge is 2.26. The van der Waals surface area contributed by atoms with E-state index in [1.54, 1.807) is 28.9 Å². The lowest BCUT2D eigenvalue weighted by Crippen LogP contribution is -2.50. The van der Waals surface area contributed by atoms with Gasteiger partial charge in [0, 0.05) is 37.3 Å². The molecule has 1 heterocycles. The van der Waals surface area contributed by atoms with Crippen LogP contribution in [0.15, 0.2) is 42.5 Å². The number of carbonyl (C=O) groups is 2. The van der Waals surface area contributed by atoms with Crippen molar-refractivity contribution in [2.24, 2.45) is 0 Å². The number of carbonyl (C=O) groups excluding carboxylic acids is 2. The molecule has 0 bridgehead atoms. The molecule has 0 N–H and O–H groups in total. The summed E-state index contributed by atoms with van der Waals surface area (Å²) in [7, 11) is 0. The second-order valence-electron chi connectivity index (χ2n) is 6.53. The molecule has 6 heteroatoms. The molecule has 0 atom stereocenters. The van der Waals surface area contributed by atoms with Gasteiger partial charge in [-0.15, -0.1) is 0 Å². The highest BCUT2D eigenvalue weighted by molar-refractivity contribution is 5.96. The monoisotopic (exact) mass is 370 g/mol. The van der Waals surface area contributed by atoms with Crippen LogP contribution in [0.1, 0.15) is 33.2 Å².